The van der Waals surface area contributed by atoms with E-state index < -0.39 is 0 Å². The highest BCUT2D eigenvalue weighted by molar-refractivity contribution is 6.02. The number of aromatic nitrogens is 7. The Morgan fingerprint density at radius 1 is 1.20 bits per heavy atom. The van der Waals surface area contributed by atoms with Gasteiger partial charge in [0.15, 0.2) is 5.69 Å². The number of hydrogen-bond acceptors (Lipinski definition) is 6. The van der Waals surface area contributed by atoms with Crippen LogP contribution in [0.25, 0.3) is 5.69 Å². The summed E-state index contributed by atoms with van der Waals surface area (Å²) in [6, 6.07) is 7.10. The topological polar surface area (TPSA) is 103 Å². The average Bonchev–Trinajstić information content (AvgIpc) is 3.10. The lowest BCUT2D eigenvalue weighted by molar-refractivity contribution is 0.102. The molecule has 1 N–H and O–H groups in total. The van der Waals surface area contributed by atoms with E-state index in [0.717, 1.165) is 5.69 Å². The van der Waals surface area contributed by atoms with E-state index >= 15 is 0 Å². The summed E-state index contributed by atoms with van der Waals surface area (Å²) in [5.41, 5.74) is 1.71. The molecule has 0 aliphatic rings. The summed E-state index contributed by atoms with van der Waals surface area (Å²) in [5.74, 6) is -0.312. The third-order valence-corrected chi connectivity index (χ3v) is 2.57. The van der Waals surface area contributed by atoms with Gasteiger partial charge in [0.1, 0.15) is 6.33 Å². The fraction of sp³-hybridized carbons (Fsp3) is 0.0909. The van der Waals surface area contributed by atoms with E-state index in [1.54, 1.807) is 37.5 Å². The Bertz CT molecular complexity index is 715. The van der Waals surface area contributed by atoms with Gasteiger partial charge >= 0.3 is 0 Å². The Kier molecular flexibility index (Phi) is 2.92. The van der Waals surface area contributed by atoms with E-state index in [0.29, 0.717) is 5.69 Å². The largest absolute Gasteiger partial charge is 0.321 e. The number of nitrogens with zero attached hydrogens (tertiary/aromatic N) is 7. The van der Waals surface area contributed by atoms with E-state index in [-0.39, 0.29) is 11.6 Å². The maximum absolute atomic E-state index is 11.9. The third kappa shape index (κ3) is 2.36. The minimum absolute atomic E-state index is 0.261. The number of hydrogen-bond donors (Lipinski definition) is 1. The molecule has 0 spiro atoms. The number of rotatable bonds is 3. The second kappa shape index (κ2) is 4.88. The molecule has 0 atom stereocenters. The number of carbonyl (C=O) groups excluding carboxylic acids is 1. The van der Waals surface area contributed by atoms with Gasteiger partial charge in [-0.2, -0.15) is 0 Å². The molecule has 1 aromatic carbocycles. The van der Waals surface area contributed by atoms with Crippen LogP contribution in [0.2, 0.25) is 0 Å². The Balaban J connectivity index is 1.74. The highest BCUT2D eigenvalue weighted by Crippen LogP contribution is 2.12. The minimum Gasteiger partial charge on any atom is -0.321 e. The van der Waals surface area contributed by atoms with Crippen molar-refractivity contribution in [2.45, 2.75) is 0 Å². The zero-order chi connectivity index (χ0) is 13.9. The molecule has 3 aromatic rings. The van der Waals surface area contributed by atoms with E-state index in [4.69, 9.17) is 0 Å². The summed E-state index contributed by atoms with van der Waals surface area (Å²) in [6.45, 7) is 0. The van der Waals surface area contributed by atoms with Gasteiger partial charge in [-0.15, -0.1) is 10.2 Å². The first-order chi connectivity index (χ1) is 9.72. The summed E-state index contributed by atoms with van der Waals surface area (Å²) in [4.78, 5) is 11.9. The molecule has 0 radical (unpaired) electrons. The maximum Gasteiger partial charge on any atom is 0.277 e. The molecule has 20 heavy (non-hydrogen) atoms. The summed E-state index contributed by atoms with van der Waals surface area (Å²) in [6.07, 6.45) is 3.04. The van der Waals surface area contributed by atoms with E-state index in [1.807, 2.05) is 0 Å². The van der Waals surface area contributed by atoms with Crippen LogP contribution in [0.5, 0.6) is 0 Å². The maximum atomic E-state index is 11.9. The van der Waals surface area contributed by atoms with Crippen molar-refractivity contribution < 1.29 is 4.79 Å². The highest BCUT2D eigenvalue weighted by atomic mass is 16.2. The number of benzene rings is 1. The minimum atomic E-state index is -0.312. The molecule has 0 saturated heterocycles. The number of tetrazole rings is 1. The average molecular weight is 270 g/mol. The Labute approximate surface area is 113 Å². The van der Waals surface area contributed by atoms with Crippen LogP contribution in [0.1, 0.15) is 10.5 Å². The Hall–Kier alpha value is -3.10. The highest BCUT2D eigenvalue weighted by Gasteiger charge is 2.10. The van der Waals surface area contributed by atoms with Gasteiger partial charge in [0.25, 0.3) is 5.91 Å². The zero-order valence-corrected chi connectivity index (χ0v) is 10.5. The molecule has 0 saturated carbocycles. The number of anilines is 1. The molecule has 0 fully saturated rings. The number of nitrogens with one attached hydrogen (secondary N) is 1. The molecule has 9 heteroatoms. The van der Waals surface area contributed by atoms with E-state index in [9.17, 15) is 4.79 Å². The third-order valence-electron chi connectivity index (χ3n) is 2.57. The zero-order valence-electron chi connectivity index (χ0n) is 10.5. The summed E-state index contributed by atoms with van der Waals surface area (Å²) < 4.78 is 2.99. The lowest BCUT2D eigenvalue weighted by atomic mass is 10.2. The molecule has 9 nitrogen and oxygen atoms in total. The van der Waals surface area contributed by atoms with Crippen LogP contribution in [0, 0.1) is 0 Å². The monoisotopic (exact) mass is 270 g/mol. The standard InChI is InChI=1S/C11H10N8O/c1-18-6-10(14-16-18)11(20)13-8-2-4-9(5-3-8)19-7-12-15-17-19/h2-7H,1H3,(H,13,20). The Morgan fingerprint density at radius 2 is 2.00 bits per heavy atom. The van der Waals surface area contributed by atoms with Gasteiger partial charge in [-0.05, 0) is 34.7 Å². The van der Waals surface area contributed by atoms with Gasteiger partial charge < -0.3 is 5.32 Å². The smallest absolute Gasteiger partial charge is 0.277 e. The van der Waals surface area contributed by atoms with Crippen LogP contribution in [0.4, 0.5) is 5.69 Å². The van der Waals surface area contributed by atoms with Crippen LogP contribution in [0.15, 0.2) is 36.8 Å². The number of carbonyl (C=O) groups is 1. The van der Waals surface area contributed by atoms with Crippen molar-refractivity contribution in [2.24, 2.45) is 7.05 Å². The van der Waals surface area contributed by atoms with Crippen molar-refractivity contribution in [3.8, 4) is 5.69 Å². The fourth-order valence-electron chi connectivity index (χ4n) is 1.62. The van der Waals surface area contributed by atoms with Crippen molar-refractivity contribution in [3.63, 3.8) is 0 Å². The SMILES string of the molecule is Cn1cc(C(=O)Nc2ccc(-n3cnnn3)cc2)nn1. The Morgan fingerprint density at radius 3 is 2.60 bits per heavy atom. The van der Waals surface area contributed by atoms with Gasteiger partial charge in [0, 0.05) is 12.7 Å². The van der Waals surface area contributed by atoms with E-state index in [1.165, 1.54) is 15.7 Å². The first kappa shape index (κ1) is 12.0. The van der Waals surface area contributed by atoms with Crippen molar-refractivity contribution in [1.29, 1.82) is 0 Å². The second-order valence-electron chi connectivity index (χ2n) is 4.03. The molecule has 0 bridgehead atoms. The van der Waals surface area contributed by atoms with Gasteiger partial charge in [-0.1, -0.05) is 5.21 Å². The molecule has 1 amide bonds. The van der Waals surface area contributed by atoms with Crippen LogP contribution in [-0.4, -0.2) is 41.1 Å². The molecule has 2 heterocycles. The van der Waals surface area contributed by atoms with Crippen LogP contribution in [-0.2, 0) is 7.05 Å². The van der Waals surface area contributed by atoms with Gasteiger partial charge in [0.05, 0.1) is 11.9 Å². The number of amides is 1. The predicted octanol–water partition coefficient (Wildman–Crippen LogP) is 0.0431. The van der Waals surface area contributed by atoms with Gasteiger partial charge in [-0.25, -0.2) is 4.68 Å². The quantitative estimate of drug-likeness (QED) is 0.720. The predicted molar refractivity (Wildman–Crippen MR) is 68.1 cm³/mol. The van der Waals surface area contributed by atoms with Crippen LogP contribution in [0.3, 0.4) is 0 Å². The number of aryl methyl sites for hydroxylation is 1. The summed E-state index contributed by atoms with van der Waals surface area (Å²) in [5, 5.41) is 21.1. The normalized spacial score (nSPS) is 10.4. The molecule has 0 aliphatic carbocycles. The molecule has 0 unspecified atom stereocenters. The summed E-state index contributed by atoms with van der Waals surface area (Å²) in [7, 11) is 1.70. The van der Waals surface area contributed by atoms with Gasteiger partial charge in [-0.3, -0.25) is 9.48 Å². The first-order valence-electron chi connectivity index (χ1n) is 5.73. The first-order valence-corrected chi connectivity index (χ1v) is 5.73. The molecular formula is C11H10N8O. The molecule has 100 valence electrons. The van der Waals surface area contributed by atoms with Crippen molar-refractivity contribution in [3.05, 3.63) is 42.5 Å². The lowest BCUT2D eigenvalue weighted by Crippen LogP contribution is -2.12. The van der Waals surface area contributed by atoms with E-state index in [2.05, 4.69) is 31.2 Å². The molecule has 3 rings (SSSR count). The van der Waals surface area contributed by atoms with Crippen molar-refractivity contribution >= 4 is 11.6 Å². The lowest BCUT2D eigenvalue weighted by Gasteiger charge is -2.04. The van der Waals surface area contributed by atoms with Crippen molar-refractivity contribution in [1.82, 2.24) is 35.2 Å². The van der Waals surface area contributed by atoms with Crippen LogP contribution >= 0.6 is 0 Å². The summed E-state index contributed by atoms with van der Waals surface area (Å²) >= 11 is 0. The van der Waals surface area contributed by atoms with Crippen LogP contribution < -0.4 is 5.32 Å². The molecular weight excluding hydrogens is 260 g/mol. The fourth-order valence-corrected chi connectivity index (χ4v) is 1.62. The molecule has 2 aromatic heterocycles. The van der Waals surface area contributed by atoms with Crippen molar-refractivity contribution in [2.75, 3.05) is 5.32 Å². The second-order valence-corrected chi connectivity index (χ2v) is 4.03. The molecule has 0 aliphatic heterocycles. The van der Waals surface area contributed by atoms with Gasteiger partial charge in [0.2, 0.25) is 0 Å².